The van der Waals surface area contributed by atoms with Gasteiger partial charge in [0.15, 0.2) is 5.13 Å². The first-order chi connectivity index (χ1) is 12.7. The third-order valence-electron chi connectivity index (χ3n) is 3.98. The molecule has 3 heterocycles. The van der Waals surface area contributed by atoms with Gasteiger partial charge in [0.2, 0.25) is 0 Å². The van der Waals surface area contributed by atoms with Gasteiger partial charge in [0.05, 0.1) is 17.1 Å². The maximum atomic E-state index is 13.7. The van der Waals surface area contributed by atoms with Gasteiger partial charge in [-0.3, -0.25) is 4.68 Å². The van der Waals surface area contributed by atoms with Crippen LogP contribution in [0.2, 0.25) is 0 Å². The van der Waals surface area contributed by atoms with Crippen molar-refractivity contribution in [1.29, 1.82) is 0 Å². The summed E-state index contributed by atoms with van der Waals surface area (Å²) in [5, 5.41) is 12.8. The van der Waals surface area contributed by atoms with Gasteiger partial charge in [0, 0.05) is 18.3 Å². The molecule has 4 rings (SSSR count). The molecule has 3 aromatic heterocycles. The van der Waals surface area contributed by atoms with E-state index < -0.39 is 0 Å². The summed E-state index contributed by atoms with van der Waals surface area (Å²) < 4.78 is 15.7. The number of thiophene rings is 1. The molecule has 1 aromatic carbocycles. The van der Waals surface area contributed by atoms with Gasteiger partial charge >= 0.3 is 0 Å². The lowest BCUT2D eigenvalue weighted by Crippen LogP contribution is -2.01. The lowest BCUT2D eigenvalue weighted by molar-refractivity contribution is 0.613. The summed E-state index contributed by atoms with van der Waals surface area (Å²) in [5.41, 5.74) is 3.71. The normalized spacial score (nSPS) is 11.0. The summed E-state index contributed by atoms with van der Waals surface area (Å²) in [6.07, 6.45) is 1.98. The maximum Gasteiger partial charge on any atom is 0.183 e. The molecule has 0 saturated heterocycles. The second-order valence-corrected chi connectivity index (χ2v) is 7.69. The number of aromatic nitrogens is 3. The number of nitrogens with zero attached hydrogens (tertiary/aromatic N) is 3. The number of halogens is 1. The maximum absolute atomic E-state index is 13.7. The molecule has 0 amide bonds. The Morgan fingerprint density at radius 1 is 1.19 bits per heavy atom. The van der Waals surface area contributed by atoms with E-state index in [1.807, 2.05) is 29.9 Å². The van der Waals surface area contributed by atoms with E-state index in [1.54, 1.807) is 34.8 Å². The Kier molecular flexibility index (Phi) is 4.81. The molecule has 26 heavy (non-hydrogen) atoms. The first-order valence-electron chi connectivity index (χ1n) is 8.18. The predicted octanol–water partition coefficient (Wildman–Crippen LogP) is 5.18. The minimum absolute atomic E-state index is 0.208. The van der Waals surface area contributed by atoms with Gasteiger partial charge < -0.3 is 5.32 Å². The van der Waals surface area contributed by atoms with Gasteiger partial charge in [0.25, 0.3) is 0 Å². The monoisotopic (exact) mass is 384 g/mol. The zero-order valence-electron chi connectivity index (χ0n) is 14.1. The van der Waals surface area contributed by atoms with Crippen molar-refractivity contribution < 1.29 is 4.39 Å². The third kappa shape index (κ3) is 3.68. The molecular weight excluding hydrogens is 367 g/mol. The Labute approximate surface area is 159 Å². The van der Waals surface area contributed by atoms with Crippen LogP contribution in [0.5, 0.6) is 0 Å². The highest BCUT2D eigenvalue weighted by molar-refractivity contribution is 7.19. The third-order valence-corrected chi connectivity index (χ3v) is 5.85. The number of thiazole rings is 1. The fraction of sp³-hybridized carbons (Fsp3) is 0.158. The van der Waals surface area contributed by atoms with Crippen LogP contribution in [0.25, 0.3) is 10.6 Å². The summed E-state index contributed by atoms with van der Waals surface area (Å²) >= 11 is 3.23. The summed E-state index contributed by atoms with van der Waals surface area (Å²) in [7, 11) is 0. The van der Waals surface area contributed by atoms with Crippen LogP contribution in [0, 0.1) is 12.7 Å². The molecule has 132 valence electrons. The van der Waals surface area contributed by atoms with Gasteiger partial charge in [-0.05, 0) is 41.4 Å². The standard InChI is InChI=1S/C19H17FN4S2/c1-13-18(17-6-8-24(23-17)11-14-7-9-25-12-14)26-19(22-13)21-10-15-4-2-3-5-16(15)20/h2-9,12H,10-11H2,1H3,(H,21,22). The molecule has 7 heteroatoms. The quantitative estimate of drug-likeness (QED) is 0.498. The second-order valence-electron chi connectivity index (χ2n) is 5.91. The van der Waals surface area contributed by atoms with Gasteiger partial charge in [0.1, 0.15) is 11.5 Å². The van der Waals surface area contributed by atoms with E-state index in [1.165, 1.54) is 11.6 Å². The molecule has 4 aromatic rings. The van der Waals surface area contributed by atoms with Gasteiger partial charge in [-0.1, -0.05) is 29.5 Å². The minimum atomic E-state index is -0.208. The highest BCUT2D eigenvalue weighted by atomic mass is 32.1. The Balaban J connectivity index is 1.48. The molecule has 0 bridgehead atoms. The highest BCUT2D eigenvalue weighted by Gasteiger charge is 2.13. The molecule has 1 N–H and O–H groups in total. The van der Waals surface area contributed by atoms with Crippen LogP contribution in [0.15, 0.2) is 53.4 Å². The Bertz CT molecular complexity index is 1000. The van der Waals surface area contributed by atoms with Crippen LogP contribution in [0.4, 0.5) is 9.52 Å². The smallest absolute Gasteiger partial charge is 0.183 e. The SMILES string of the molecule is Cc1nc(NCc2ccccc2F)sc1-c1ccn(Cc2ccsc2)n1. The molecule has 0 spiro atoms. The molecule has 4 nitrogen and oxygen atoms in total. The number of hydrogen-bond donors (Lipinski definition) is 1. The minimum Gasteiger partial charge on any atom is -0.357 e. The van der Waals surface area contributed by atoms with Crippen molar-refractivity contribution in [1.82, 2.24) is 14.8 Å². The van der Waals surface area contributed by atoms with Crippen molar-refractivity contribution in [3.8, 4) is 10.6 Å². The molecule has 0 radical (unpaired) electrons. The van der Waals surface area contributed by atoms with Gasteiger partial charge in [-0.2, -0.15) is 16.4 Å². The zero-order valence-corrected chi connectivity index (χ0v) is 15.8. The molecule has 0 fully saturated rings. The van der Waals surface area contributed by atoms with Crippen LogP contribution in [0.1, 0.15) is 16.8 Å². The summed E-state index contributed by atoms with van der Waals surface area (Å²) in [6, 6.07) is 10.9. The van der Waals surface area contributed by atoms with E-state index in [9.17, 15) is 4.39 Å². The number of benzene rings is 1. The van der Waals surface area contributed by atoms with Crippen molar-refractivity contribution in [3.05, 3.63) is 76.0 Å². The summed E-state index contributed by atoms with van der Waals surface area (Å²) in [4.78, 5) is 5.59. The van der Waals surface area contributed by atoms with Crippen molar-refractivity contribution in [3.63, 3.8) is 0 Å². The Morgan fingerprint density at radius 2 is 2.08 bits per heavy atom. The van der Waals surface area contributed by atoms with Crippen LogP contribution >= 0.6 is 22.7 Å². The molecule has 0 saturated carbocycles. The second kappa shape index (κ2) is 7.39. The van der Waals surface area contributed by atoms with Crippen LogP contribution in [0.3, 0.4) is 0 Å². The number of rotatable bonds is 6. The van der Waals surface area contributed by atoms with E-state index in [0.29, 0.717) is 12.1 Å². The average molecular weight is 385 g/mol. The lowest BCUT2D eigenvalue weighted by Gasteiger charge is -2.03. The fourth-order valence-corrected chi connectivity index (χ4v) is 4.25. The molecule has 0 aliphatic heterocycles. The van der Waals surface area contributed by atoms with Crippen molar-refractivity contribution >= 4 is 27.8 Å². The van der Waals surface area contributed by atoms with Crippen molar-refractivity contribution in [2.24, 2.45) is 0 Å². The lowest BCUT2D eigenvalue weighted by atomic mass is 10.2. The average Bonchev–Trinajstić information content (AvgIpc) is 3.36. The molecule has 0 unspecified atom stereocenters. The van der Waals surface area contributed by atoms with Crippen LogP contribution in [-0.4, -0.2) is 14.8 Å². The van der Waals surface area contributed by atoms with Crippen molar-refractivity contribution in [2.75, 3.05) is 5.32 Å². The molecule has 0 atom stereocenters. The van der Waals surface area contributed by atoms with Crippen molar-refractivity contribution in [2.45, 2.75) is 20.0 Å². The van der Waals surface area contributed by atoms with E-state index in [4.69, 9.17) is 0 Å². The largest absolute Gasteiger partial charge is 0.357 e. The van der Waals surface area contributed by atoms with Crippen LogP contribution < -0.4 is 5.32 Å². The summed E-state index contributed by atoms with van der Waals surface area (Å²) in [5.74, 6) is -0.208. The van der Waals surface area contributed by atoms with E-state index in [0.717, 1.165) is 27.9 Å². The van der Waals surface area contributed by atoms with Gasteiger partial charge in [-0.15, -0.1) is 0 Å². The molecular formula is C19H17FN4S2. The Hall–Kier alpha value is -2.51. The van der Waals surface area contributed by atoms with E-state index in [2.05, 4.69) is 32.2 Å². The number of nitrogens with one attached hydrogen (secondary N) is 1. The summed E-state index contributed by atoms with van der Waals surface area (Å²) in [6.45, 7) is 3.14. The first-order valence-corrected chi connectivity index (χ1v) is 9.94. The molecule has 0 aliphatic rings. The van der Waals surface area contributed by atoms with Crippen LogP contribution in [-0.2, 0) is 13.1 Å². The number of aryl methyl sites for hydroxylation is 1. The van der Waals surface area contributed by atoms with E-state index in [-0.39, 0.29) is 5.82 Å². The van der Waals surface area contributed by atoms with E-state index >= 15 is 0 Å². The zero-order chi connectivity index (χ0) is 17.9. The fourth-order valence-electron chi connectivity index (χ4n) is 2.66. The topological polar surface area (TPSA) is 42.7 Å². The molecule has 0 aliphatic carbocycles. The Morgan fingerprint density at radius 3 is 2.88 bits per heavy atom. The predicted molar refractivity (Wildman–Crippen MR) is 105 cm³/mol. The highest BCUT2D eigenvalue weighted by Crippen LogP contribution is 2.32. The van der Waals surface area contributed by atoms with Gasteiger partial charge in [-0.25, -0.2) is 9.37 Å². The number of hydrogen-bond acceptors (Lipinski definition) is 5. The number of anilines is 1. The first kappa shape index (κ1) is 16.9.